The number of benzene rings is 2. The largest absolute Gasteiger partial charge is 0.345 e. The second-order valence-electron chi connectivity index (χ2n) is 7.30. The fraction of sp³-hybridized carbons (Fsp3) is 0.409. The van der Waals surface area contributed by atoms with E-state index in [9.17, 15) is 13.2 Å². The molecule has 0 unspecified atom stereocenters. The van der Waals surface area contributed by atoms with E-state index in [2.05, 4.69) is 5.32 Å². The fourth-order valence-corrected chi connectivity index (χ4v) is 5.36. The van der Waals surface area contributed by atoms with Crippen molar-refractivity contribution in [1.29, 1.82) is 0 Å². The summed E-state index contributed by atoms with van der Waals surface area (Å²) in [6, 6.07) is 13.9. The molecule has 3 rings (SSSR count). The lowest BCUT2D eigenvalue weighted by molar-refractivity contribution is 0.0935. The molecular weight excluding hydrogens is 408 g/mol. The highest BCUT2D eigenvalue weighted by Gasteiger charge is 2.27. The number of sulfonamides is 1. The first-order valence-corrected chi connectivity index (χ1v) is 11.9. The Balaban J connectivity index is 1.85. The van der Waals surface area contributed by atoms with Gasteiger partial charge in [-0.25, -0.2) is 8.42 Å². The maximum atomic E-state index is 13.1. The van der Waals surface area contributed by atoms with Crippen LogP contribution in [0.2, 0.25) is 5.02 Å². The predicted molar refractivity (Wildman–Crippen MR) is 116 cm³/mol. The van der Waals surface area contributed by atoms with Crippen LogP contribution in [-0.2, 0) is 10.0 Å². The van der Waals surface area contributed by atoms with Crippen molar-refractivity contribution in [3.05, 3.63) is 64.7 Å². The zero-order valence-corrected chi connectivity index (χ0v) is 18.2. The van der Waals surface area contributed by atoms with Gasteiger partial charge in [-0.3, -0.25) is 4.79 Å². The third-order valence-electron chi connectivity index (χ3n) is 5.30. The summed E-state index contributed by atoms with van der Waals surface area (Å²) in [4.78, 5) is 13.0. The Morgan fingerprint density at radius 3 is 2.34 bits per heavy atom. The van der Waals surface area contributed by atoms with E-state index in [0.29, 0.717) is 19.5 Å². The van der Waals surface area contributed by atoms with Crippen molar-refractivity contribution in [3.63, 3.8) is 0 Å². The molecule has 0 saturated carbocycles. The van der Waals surface area contributed by atoms with Gasteiger partial charge in [0.2, 0.25) is 10.0 Å². The quantitative estimate of drug-likeness (QED) is 0.711. The summed E-state index contributed by atoms with van der Waals surface area (Å²) in [7, 11) is -3.65. The Morgan fingerprint density at radius 1 is 1.07 bits per heavy atom. The number of amides is 1. The third kappa shape index (κ3) is 5.18. The molecule has 0 aliphatic carbocycles. The van der Waals surface area contributed by atoms with E-state index in [0.717, 1.165) is 31.2 Å². The molecule has 7 heteroatoms. The van der Waals surface area contributed by atoms with Gasteiger partial charge in [-0.2, -0.15) is 4.31 Å². The maximum Gasteiger partial charge on any atom is 0.253 e. The topological polar surface area (TPSA) is 66.5 Å². The van der Waals surface area contributed by atoms with Crippen molar-refractivity contribution in [2.75, 3.05) is 13.1 Å². The van der Waals surface area contributed by atoms with Gasteiger partial charge in [-0.1, -0.05) is 61.7 Å². The van der Waals surface area contributed by atoms with Crippen molar-refractivity contribution in [1.82, 2.24) is 9.62 Å². The highest BCUT2D eigenvalue weighted by atomic mass is 35.5. The molecule has 5 nitrogen and oxygen atoms in total. The summed E-state index contributed by atoms with van der Waals surface area (Å²) in [6.07, 6.45) is 4.50. The highest BCUT2D eigenvalue weighted by molar-refractivity contribution is 7.89. The molecular formula is C22H27ClN2O3S. The van der Waals surface area contributed by atoms with E-state index in [-0.39, 0.29) is 27.4 Å². The van der Waals surface area contributed by atoms with Crippen molar-refractivity contribution in [2.24, 2.45) is 0 Å². The fourth-order valence-electron chi connectivity index (χ4n) is 3.61. The first-order chi connectivity index (χ1) is 13.9. The van der Waals surface area contributed by atoms with E-state index in [1.807, 2.05) is 37.3 Å². The number of hydrogen-bond donors (Lipinski definition) is 1. The molecule has 2 aromatic carbocycles. The van der Waals surface area contributed by atoms with Gasteiger partial charge in [-0.05, 0) is 43.0 Å². The van der Waals surface area contributed by atoms with Crippen LogP contribution < -0.4 is 5.32 Å². The summed E-state index contributed by atoms with van der Waals surface area (Å²) in [6.45, 7) is 3.01. The molecule has 0 bridgehead atoms. The van der Waals surface area contributed by atoms with Gasteiger partial charge in [0.1, 0.15) is 0 Å². The van der Waals surface area contributed by atoms with Crippen LogP contribution in [0.3, 0.4) is 0 Å². The first kappa shape index (κ1) is 21.8. The average Bonchev–Trinajstić information content (AvgIpc) is 3.03. The standard InChI is InChI=1S/C22H27ClN2O3S/c1-2-21(17-10-6-5-7-11-17)24-22(26)19-16-18(12-13-20(19)23)29(27,28)25-14-8-3-4-9-15-25/h5-7,10-13,16,21H,2-4,8-9,14-15H2,1H3,(H,24,26)/t21-/m0/s1. The molecule has 0 spiro atoms. The first-order valence-electron chi connectivity index (χ1n) is 10.1. The Morgan fingerprint density at radius 2 is 1.72 bits per heavy atom. The van der Waals surface area contributed by atoms with Crippen LogP contribution in [0.4, 0.5) is 0 Å². The van der Waals surface area contributed by atoms with E-state index in [4.69, 9.17) is 11.6 Å². The van der Waals surface area contributed by atoms with Crippen LogP contribution in [0.25, 0.3) is 0 Å². The molecule has 2 aromatic rings. The summed E-state index contributed by atoms with van der Waals surface area (Å²) in [5.41, 5.74) is 1.17. The monoisotopic (exact) mass is 434 g/mol. The number of carbonyl (C=O) groups is 1. The number of nitrogens with one attached hydrogen (secondary N) is 1. The summed E-state index contributed by atoms with van der Waals surface area (Å²) >= 11 is 6.26. The second kappa shape index (κ2) is 9.74. The minimum absolute atomic E-state index is 0.113. The van der Waals surface area contributed by atoms with Crippen LogP contribution in [0.15, 0.2) is 53.4 Å². The highest BCUT2D eigenvalue weighted by Crippen LogP contribution is 2.26. The molecule has 0 radical (unpaired) electrons. The molecule has 1 heterocycles. The van der Waals surface area contributed by atoms with Crippen LogP contribution >= 0.6 is 11.6 Å². The molecule has 1 N–H and O–H groups in total. The number of halogens is 1. The van der Waals surface area contributed by atoms with Crippen LogP contribution in [0.5, 0.6) is 0 Å². The van der Waals surface area contributed by atoms with Crippen molar-refractivity contribution < 1.29 is 13.2 Å². The lowest BCUT2D eigenvalue weighted by Crippen LogP contribution is -2.32. The van der Waals surface area contributed by atoms with Gasteiger partial charge >= 0.3 is 0 Å². The van der Waals surface area contributed by atoms with Gasteiger partial charge in [0, 0.05) is 13.1 Å². The molecule has 0 aromatic heterocycles. The Kier molecular flexibility index (Phi) is 7.33. The van der Waals surface area contributed by atoms with E-state index < -0.39 is 10.0 Å². The normalized spacial score (nSPS) is 16.8. The minimum atomic E-state index is -3.65. The van der Waals surface area contributed by atoms with E-state index in [1.54, 1.807) is 0 Å². The molecule has 1 saturated heterocycles. The zero-order chi connectivity index (χ0) is 20.9. The zero-order valence-electron chi connectivity index (χ0n) is 16.6. The third-order valence-corrected chi connectivity index (χ3v) is 7.52. The van der Waals surface area contributed by atoms with Crippen molar-refractivity contribution in [2.45, 2.75) is 50.0 Å². The number of hydrogen-bond acceptors (Lipinski definition) is 3. The van der Waals surface area contributed by atoms with Gasteiger partial charge < -0.3 is 5.32 Å². The Bertz CT molecular complexity index is 940. The molecule has 1 aliphatic heterocycles. The Labute approximate surface area is 178 Å². The SMILES string of the molecule is CC[C@H](NC(=O)c1cc(S(=O)(=O)N2CCCCCC2)ccc1Cl)c1ccccc1. The lowest BCUT2D eigenvalue weighted by atomic mass is 10.0. The second-order valence-corrected chi connectivity index (χ2v) is 9.65. The molecule has 29 heavy (non-hydrogen) atoms. The maximum absolute atomic E-state index is 13.1. The van der Waals surface area contributed by atoms with Crippen LogP contribution in [-0.4, -0.2) is 31.7 Å². The number of carbonyl (C=O) groups excluding carboxylic acids is 1. The van der Waals surface area contributed by atoms with Gasteiger partial charge in [-0.15, -0.1) is 0 Å². The number of rotatable bonds is 6. The van der Waals surface area contributed by atoms with Gasteiger partial charge in [0.15, 0.2) is 0 Å². The van der Waals surface area contributed by atoms with Gasteiger partial charge in [0.25, 0.3) is 5.91 Å². The van der Waals surface area contributed by atoms with Crippen LogP contribution in [0, 0.1) is 0 Å². The molecule has 1 aliphatic rings. The van der Waals surface area contributed by atoms with Crippen LogP contribution in [0.1, 0.15) is 61.0 Å². The number of nitrogens with zero attached hydrogens (tertiary/aromatic N) is 1. The van der Waals surface area contributed by atoms with Crippen molar-refractivity contribution in [3.8, 4) is 0 Å². The lowest BCUT2D eigenvalue weighted by Gasteiger charge is -2.21. The predicted octanol–water partition coefficient (Wildman–Crippen LogP) is 4.79. The minimum Gasteiger partial charge on any atom is -0.345 e. The van der Waals surface area contributed by atoms with Gasteiger partial charge in [0.05, 0.1) is 21.5 Å². The Hall–Kier alpha value is -1.89. The molecule has 1 amide bonds. The van der Waals surface area contributed by atoms with E-state index in [1.165, 1.54) is 22.5 Å². The summed E-state index contributed by atoms with van der Waals surface area (Å²) < 4.78 is 27.7. The molecule has 1 atom stereocenters. The smallest absolute Gasteiger partial charge is 0.253 e. The van der Waals surface area contributed by atoms with E-state index >= 15 is 0 Å². The molecule has 156 valence electrons. The summed E-state index contributed by atoms with van der Waals surface area (Å²) in [5, 5.41) is 3.21. The van der Waals surface area contributed by atoms with Crippen molar-refractivity contribution >= 4 is 27.5 Å². The average molecular weight is 435 g/mol. The summed E-state index contributed by atoms with van der Waals surface area (Å²) in [5.74, 6) is -0.376. The molecule has 1 fully saturated rings.